The predicted molar refractivity (Wildman–Crippen MR) is 114 cm³/mol. The Kier molecular flexibility index (Phi) is 7.95. The number of hydrogen-bond acceptors (Lipinski definition) is 4. The number of amides is 1. The first-order valence-electron chi connectivity index (χ1n) is 9.67. The van der Waals surface area contributed by atoms with Crippen molar-refractivity contribution in [3.8, 4) is 16.9 Å². The third-order valence-corrected chi connectivity index (χ3v) is 4.92. The molecular formula is C23H28N2O4. The van der Waals surface area contributed by atoms with Crippen LogP contribution >= 0.6 is 0 Å². The van der Waals surface area contributed by atoms with Crippen LogP contribution in [0.15, 0.2) is 36.4 Å². The summed E-state index contributed by atoms with van der Waals surface area (Å²) in [5, 5.41) is 17.1. The molecule has 0 saturated carbocycles. The van der Waals surface area contributed by atoms with Crippen LogP contribution in [0.1, 0.15) is 36.5 Å². The largest absolute Gasteiger partial charge is 0.496 e. The van der Waals surface area contributed by atoms with Gasteiger partial charge >= 0.3 is 5.97 Å². The normalized spacial score (nSPS) is 10.4. The summed E-state index contributed by atoms with van der Waals surface area (Å²) in [5.74, 6) is 0.0265. The number of carboxylic acid groups (broad SMARTS) is 1. The summed E-state index contributed by atoms with van der Waals surface area (Å²) >= 11 is 0. The van der Waals surface area contributed by atoms with Crippen molar-refractivity contribution in [3.05, 3.63) is 53.1 Å². The molecule has 0 aliphatic carbocycles. The number of rotatable bonds is 10. The van der Waals surface area contributed by atoms with Crippen LogP contribution in [0.4, 0.5) is 0 Å². The zero-order chi connectivity index (χ0) is 21.4. The summed E-state index contributed by atoms with van der Waals surface area (Å²) in [4.78, 5) is 23.4. The smallest absolute Gasteiger partial charge is 0.307 e. The highest BCUT2D eigenvalue weighted by atomic mass is 16.5. The Hall–Kier alpha value is -3.15. The van der Waals surface area contributed by atoms with E-state index >= 15 is 0 Å². The Labute approximate surface area is 171 Å². The van der Waals surface area contributed by atoms with Gasteiger partial charge in [0, 0.05) is 18.5 Å². The molecule has 6 nitrogen and oxygen atoms in total. The third kappa shape index (κ3) is 5.91. The molecule has 0 atom stereocenters. The van der Waals surface area contributed by atoms with Gasteiger partial charge in [-0.1, -0.05) is 24.3 Å². The lowest BCUT2D eigenvalue weighted by Crippen LogP contribution is -2.28. The summed E-state index contributed by atoms with van der Waals surface area (Å²) in [6.45, 7) is 4.40. The average Bonchev–Trinajstić information content (AvgIpc) is 2.68. The highest BCUT2D eigenvalue weighted by molar-refractivity contribution is 5.88. The number of nitrogens with zero attached hydrogens (tertiary/aromatic N) is 1. The van der Waals surface area contributed by atoms with Crippen molar-refractivity contribution in [1.29, 1.82) is 5.41 Å². The molecule has 2 rings (SSSR count). The van der Waals surface area contributed by atoms with E-state index < -0.39 is 5.97 Å². The summed E-state index contributed by atoms with van der Waals surface area (Å²) in [6, 6.07) is 11.8. The van der Waals surface area contributed by atoms with E-state index in [0.29, 0.717) is 36.5 Å². The lowest BCUT2D eigenvalue weighted by Gasteiger charge is -2.16. The highest BCUT2D eigenvalue weighted by Gasteiger charge is 2.11. The van der Waals surface area contributed by atoms with Gasteiger partial charge in [0.1, 0.15) is 11.6 Å². The lowest BCUT2D eigenvalue weighted by molar-refractivity contribution is -0.136. The van der Waals surface area contributed by atoms with Gasteiger partial charge in [-0.05, 0) is 61.1 Å². The summed E-state index contributed by atoms with van der Waals surface area (Å²) in [6.07, 6.45) is 2.80. The van der Waals surface area contributed by atoms with E-state index in [0.717, 1.165) is 29.5 Å². The van der Waals surface area contributed by atoms with Crippen LogP contribution in [0.25, 0.3) is 11.1 Å². The summed E-state index contributed by atoms with van der Waals surface area (Å²) in [5.41, 5.74) is 4.93. The zero-order valence-electron chi connectivity index (χ0n) is 17.2. The molecule has 0 heterocycles. The van der Waals surface area contributed by atoms with E-state index in [1.807, 2.05) is 32.0 Å². The topological polar surface area (TPSA) is 90.7 Å². The molecule has 2 aromatic rings. The minimum absolute atomic E-state index is 0.0876. The third-order valence-electron chi connectivity index (χ3n) is 4.92. The Balaban J connectivity index is 2.12. The second-order valence-electron chi connectivity index (χ2n) is 6.94. The van der Waals surface area contributed by atoms with Gasteiger partial charge < -0.3 is 14.7 Å². The van der Waals surface area contributed by atoms with Crippen LogP contribution in [0, 0.1) is 12.3 Å². The SMILES string of the molecule is CCN(C=O)C(=N)CCCc1ccc(-c2ccc(OC)c(CC(=O)O)c2)c(C)c1. The van der Waals surface area contributed by atoms with Crippen LogP contribution in [-0.2, 0) is 22.4 Å². The lowest BCUT2D eigenvalue weighted by atomic mass is 9.95. The van der Waals surface area contributed by atoms with Crippen LogP contribution in [0.5, 0.6) is 5.75 Å². The van der Waals surface area contributed by atoms with Gasteiger partial charge in [0.05, 0.1) is 13.5 Å². The maximum absolute atomic E-state index is 11.1. The number of carbonyl (C=O) groups is 2. The van der Waals surface area contributed by atoms with E-state index in [4.69, 9.17) is 15.3 Å². The molecule has 1 amide bonds. The Morgan fingerprint density at radius 1 is 1.24 bits per heavy atom. The van der Waals surface area contributed by atoms with Crippen molar-refractivity contribution in [1.82, 2.24) is 4.90 Å². The molecular weight excluding hydrogens is 368 g/mol. The molecule has 29 heavy (non-hydrogen) atoms. The molecule has 0 fully saturated rings. The fourth-order valence-electron chi connectivity index (χ4n) is 3.38. The second-order valence-corrected chi connectivity index (χ2v) is 6.94. The number of methoxy groups -OCH3 is 1. The van der Waals surface area contributed by atoms with Gasteiger partial charge in [-0.3, -0.25) is 15.0 Å². The van der Waals surface area contributed by atoms with E-state index in [9.17, 15) is 9.59 Å². The second kappa shape index (κ2) is 10.4. The van der Waals surface area contributed by atoms with Crippen molar-refractivity contribution in [2.75, 3.05) is 13.7 Å². The number of hydrogen-bond donors (Lipinski definition) is 2. The monoisotopic (exact) mass is 396 g/mol. The van der Waals surface area contributed by atoms with Crippen molar-refractivity contribution < 1.29 is 19.4 Å². The van der Waals surface area contributed by atoms with Gasteiger partial charge in [-0.25, -0.2) is 0 Å². The van der Waals surface area contributed by atoms with Crippen LogP contribution in [-0.4, -0.2) is 41.9 Å². The van der Waals surface area contributed by atoms with Crippen molar-refractivity contribution >= 4 is 18.2 Å². The molecule has 0 unspecified atom stereocenters. The summed E-state index contributed by atoms with van der Waals surface area (Å²) < 4.78 is 5.28. The molecule has 0 radical (unpaired) electrons. The van der Waals surface area contributed by atoms with Gasteiger partial charge in [0.15, 0.2) is 0 Å². The Morgan fingerprint density at radius 2 is 2.00 bits per heavy atom. The van der Waals surface area contributed by atoms with E-state index in [1.165, 1.54) is 17.6 Å². The van der Waals surface area contributed by atoms with Crippen molar-refractivity contribution in [2.45, 2.75) is 39.5 Å². The minimum Gasteiger partial charge on any atom is -0.496 e. The van der Waals surface area contributed by atoms with Crippen molar-refractivity contribution in [3.63, 3.8) is 0 Å². The van der Waals surface area contributed by atoms with E-state index in [1.54, 1.807) is 6.07 Å². The number of benzene rings is 2. The minimum atomic E-state index is -0.894. The van der Waals surface area contributed by atoms with Crippen LogP contribution in [0.2, 0.25) is 0 Å². The van der Waals surface area contributed by atoms with Crippen LogP contribution < -0.4 is 4.74 Å². The van der Waals surface area contributed by atoms with Gasteiger partial charge in [0.2, 0.25) is 6.41 Å². The standard InChI is InChI=1S/C23H28N2O4/c1-4-25(15-26)22(24)7-5-6-17-8-10-20(16(2)12-17)18-9-11-21(29-3)19(13-18)14-23(27)28/h8-13,15,24H,4-7,14H2,1-3H3,(H,27,28). The number of ether oxygens (including phenoxy) is 1. The van der Waals surface area contributed by atoms with E-state index in [-0.39, 0.29) is 6.42 Å². The fraction of sp³-hybridized carbons (Fsp3) is 0.348. The molecule has 0 saturated heterocycles. The average molecular weight is 396 g/mol. The number of carboxylic acids is 1. The van der Waals surface area contributed by atoms with Gasteiger partial charge in [-0.2, -0.15) is 0 Å². The molecule has 154 valence electrons. The molecule has 2 N–H and O–H groups in total. The first-order valence-corrected chi connectivity index (χ1v) is 9.67. The maximum atomic E-state index is 11.1. The number of nitrogens with one attached hydrogen (secondary N) is 1. The number of aliphatic carboxylic acids is 1. The first kappa shape index (κ1) is 22.1. The maximum Gasteiger partial charge on any atom is 0.307 e. The molecule has 0 bridgehead atoms. The number of carbonyl (C=O) groups excluding carboxylic acids is 1. The Bertz CT molecular complexity index is 892. The van der Waals surface area contributed by atoms with Gasteiger partial charge in [-0.15, -0.1) is 0 Å². The number of amidine groups is 1. The molecule has 2 aromatic carbocycles. The molecule has 6 heteroatoms. The summed E-state index contributed by atoms with van der Waals surface area (Å²) in [7, 11) is 1.54. The first-order chi connectivity index (χ1) is 13.9. The van der Waals surface area contributed by atoms with E-state index in [2.05, 4.69) is 12.1 Å². The quantitative estimate of drug-likeness (QED) is 0.360. The fourth-order valence-corrected chi connectivity index (χ4v) is 3.38. The van der Waals surface area contributed by atoms with Gasteiger partial charge in [0.25, 0.3) is 0 Å². The Morgan fingerprint density at radius 3 is 2.59 bits per heavy atom. The molecule has 0 aromatic heterocycles. The molecule has 0 aliphatic heterocycles. The number of aryl methyl sites for hydroxylation is 2. The van der Waals surface area contributed by atoms with Crippen LogP contribution in [0.3, 0.4) is 0 Å². The zero-order valence-corrected chi connectivity index (χ0v) is 17.2. The molecule has 0 spiro atoms. The highest BCUT2D eigenvalue weighted by Crippen LogP contribution is 2.30. The predicted octanol–water partition coefficient (Wildman–Crippen LogP) is 4.08. The van der Waals surface area contributed by atoms with Crippen molar-refractivity contribution in [2.24, 2.45) is 0 Å². The molecule has 0 aliphatic rings.